The first-order valence-corrected chi connectivity index (χ1v) is 8.63. The van der Waals surface area contributed by atoms with Crippen LogP contribution >= 0.6 is 0 Å². The van der Waals surface area contributed by atoms with E-state index in [1.54, 1.807) is 10.9 Å². The highest BCUT2D eigenvalue weighted by molar-refractivity contribution is 5.90. The van der Waals surface area contributed by atoms with Crippen molar-refractivity contribution in [2.24, 2.45) is 0 Å². The molecule has 0 spiro atoms. The van der Waals surface area contributed by atoms with E-state index in [9.17, 15) is 4.79 Å². The second-order valence-electron chi connectivity index (χ2n) is 6.35. The highest BCUT2D eigenvalue weighted by atomic mass is 16.5. The Balaban J connectivity index is 1.32. The molecule has 130 valence electrons. The first-order valence-electron chi connectivity index (χ1n) is 8.63. The van der Waals surface area contributed by atoms with E-state index in [1.807, 2.05) is 41.2 Å². The Morgan fingerprint density at radius 3 is 3.16 bits per heavy atom. The van der Waals surface area contributed by atoms with E-state index in [-0.39, 0.29) is 12.0 Å². The molecule has 1 amide bonds. The van der Waals surface area contributed by atoms with Crippen LogP contribution in [0.2, 0.25) is 0 Å². The maximum absolute atomic E-state index is 12.0. The fourth-order valence-electron chi connectivity index (χ4n) is 3.13. The van der Waals surface area contributed by atoms with Gasteiger partial charge in [0.05, 0.1) is 30.2 Å². The molecule has 1 fully saturated rings. The van der Waals surface area contributed by atoms with Crippen molar-refractivity contribution in [1.29, 1.82) is 0 Å². The fraction of sp³-hybridized carbons (Fsp3) is 0.389. The minimum Gasteiger partial charge on any atom is -0.378 e. The molecular weight excluding hydrogens is 318 g/mol. The van der Waals surface area contributed by atoms with Crippen LogP contribution in [0, 0.1) is 0 Å². The lowest BCUT2D eigenvalue weighted by Crippen LogP contribution is -2.15. The van der Waals surface area contributed by atoms with Crippen LogP contribution in [0.25, 0.3) is 5.65 Å². The fourth-order valence-corrected chi connectivity index (χ4v) is 3.13. The van der Waals surface area contributed by atoms with Crippen molar-refractivity contribution in [2.45, 2.75) is 38.3 Å². The van der Waals surface area contributed by atoms with E-state index in [1.165, 1.54) is 0 Å². The normalized spacial score (nSPS) is 17.2. The highest BCUT2D eigenvalue weighted by Crippen LogP contribution is 2.17. The molecule has 7 heteroatoms. The molecule has 3 aromatic heterocycles. The highest BCUT2D eigenvalue weighted by Gasteiger charge is 2.17. The second kappa shape index (κ2) is 7.06. The zero-order valence-corrected chi connectivity index (χ0v) is 14.0. The third kappa shape index (κ3) is 3.88. The van der Waals surface area contributed by atoms with Crippen LogP contribution in [0.5, 0.6) is 0 Å². The van der Waals surface area contributed by atoms with E-state index in [0.717, 1.165) is 37.2 Å². The molecule has 1 N–H and O–H groups in total. The first kappa shape index (κ1) is 15.8. The summed E-state index contributed by atoms with van der Waals surface area (Å²) in [6.45, 7) is 1.38. The number of imidazole rings is 1. The second-order valence-corrected chi connectivity index (χ2v) is 6.35. The van der Waals surface area contributed by atoms with Gasteiger partial charge in [-0.05, 0) is 31.4 Å². The molecule has 25 heavy (non-hydrogen) atoms. The van der Waals surface area contributed by atoms with Crippen LogP contribution in [0.15, 0.2) is 43.0 Å². The number of ether oxygens (including phenoxy) is 1. The predicted octanol–water partition coefficient (Wildman–Crippen LogP) is 2.48. The number of carbonyl (C=O) groups excluding carboxylic acids is 1. The van der Waals surface area contributed by atoms with Gasteiger partial charge >= 0.3 is 0 Å². The van der Waals surface area contributed by atoms with E-state index in [0.29, 0.717) is 18.7 Å². The molecule has 0 saturated carbocycles. The molecule has 0 unspecified atom stereocenters. The molecule has 0 bridgehead atoms. The topological polar surface area (TPSA) is 73.5 Å². The lowest BCUT2D eigenvalue weighted by Gasteiger charge is -2.08. The summed E-state index contributed by atoms with van der Waals surface area (Å²) in [4.78, 5) is 16.6. The average molecular weight is 339 g/mol. The van der Waals surface area contributed by atoms with Crippen LogP contribution in [0.4, 0.5) is 5.69 Å². The monoisotopic (exact) mass is 339 g/mol. The van der Waals surface area contributed by atoms with E-state index in [4.69, 9.17) is 4.74 Å². The molecule has 0 aliphatic carbocycles. The van der Waals surface area contributed by atoms with Gasteiger partial charge in [0.1, 0.15) is 5.65 Å². The molecule has 4 heterocycles. The number of nitrogens with one attached hydrogen (secondary N) is 1. The SMILES string of the molecule is O=C(CC[C@@H]1CCCO1)Nc1cnn(Cc2cn3ccccc3n2)c1. The summed E-state index contributed by atoms with van der Waals surface area (Å²) in [5.41, 5.74) is 2.54. The van der Waals surface area contributed by atoms with Gasteiger partial charge in [0.25, 0.3) is 0 Å². The van der Waals surface area contributed by atoms with Crippen molar-refractivity contribution < 1.29 is 9.53 Å². The summed E-state index contributed by atoms with van der Waals surface area (Å²) in [6, 6.07) is 5.90. The van der Waals surface area contributed by atoms with Crippen LogP contribution in [-0.2, 0) is 16.1 Å². The minimum absolute atomic E-state index is 0.00257. The van der Waals surface area contributed by atoms with E-state index >= 15 is 0 Å². The Labute approximate surface area is 145 Å². The van der Waals surface area contributed by atoms with Gasteiger partial charge < -0.3 is 14.5 Å². The van der Waals surface area contributed by atoms with Crippen LogP contribution in [0.1, 0.15) is 31.4 Å². The van der Waals surface area contributed by atoms with E-state index in [2.05, 4.69) is 15.4 Å². The molecule has 1 atom stereocenters. The van der Waals surface area contributed by atoms with Crippen molar-refractivity contribution in [3.63, 3.8) is 0 Å². The number of hydrogen-bond donors (Lipinski definition) is 1. The number of anilines is 1. The smallest absolute Gasteiger partial charge is 0.224 e. The number of carbonyl (C=O) groups is 1. The average Bonchev–Trinajstić information content (AvgIpc) is 3.33. The summed E-state index contributed by atoms with van der Waals surface area (Å²) >= 11 is 0. The molecule has 1 aliphatic rings. The summed E-state index contributed by atoms with van der Waals surface area (Å²) in [6.07, 6.45) is 11.1. The summed E-state index contributed by atoms with van der Waals surface area (Å²) < 4.78 is 9.30. The van der Waals surface area contributed by atoms with Gasteiger partial charge in [-0.2, -0.15) is 5.10 Å². The Hall–Kier alpha value is -2.67. The van der Waals surface area contributed by atoms with Crippen LogP contribution in [0.3, 0.4) is 0 Å². The Morgan fingerprint density at radius 1 is 1.36 bits per heavy atom. The van der Waals surface area contributed by atoms with E-state index < -0.39 is 0 Å². The minimum atomic E-state index is 0.00257. The molecule has 1 aliphatic heterocycles. The Morgan fingerprint density at radius 2 is 2.32 bits per heavy atom. The molecule has 3 aromatic rings. The molecule has 0 radical (unpaired) electrons. The maximum atomic E-state index is 12.0. The number of pyridine rings is 1. The van der Waals surface area contributed by atoms with Gasteiger partial charge in [-0.25, -0.2) is 4.98 Å². The van der Waals surface area contributed by atoms with Crippen molar-refractivity contribution in [3.05, 3.63) is 48.7 Å². The Kier molecular flexibility index (Phi) is 4.47. The third-order valence-corrected chi connectivity index (χ3v) is 4.37. The van der Waals surface area contributed by atoms with Crippen LogP contribution in [-0.4, -0.2) is 37.8 Å². The third-order valence-electron chi connectivity index (χ3n) is 4.37. The molecule has 1 saturated heterocycles. The number of hydrogen-bond acceptors (Lipinski definition) is 4. The quantitative estimate of drug-likeness (QED) is 0.749. The van der Waals surface area contributed by atoms with Gasteiger partial charge in [-0.15, -0.1) is 0 Å². The van der Waals surface area contributed by atoms with Gasteiger partial charge in [-0.3, -0.25) is 9.48 Å². The number of aromatic nitrogens is 4. The number of fused-ring (bicyclic) bond motifs is 1. The summed E-state index contributed by atoms with van der Waals surface area (Å²) in [5, 5.41) is 7.20. The predicted molar refractivity (Wildman–Crippen MR) is 93.4 cm³/mol. The van der Waals surface area contributed by atoms with Crippen molar-refractivity contribution in [3.8, 4) is 0 Å². The van der Waals surface area contributed by atoms with Crippen molar-refractivity contribution >= 4 is 17.2 Å². The first-order chi connectivity index (χ1) is 12.3. The lowest BCUT2D eigenvalue weighted by molar-refractivity contribution is -0.116. The molecule has 4 rings (SSSR count). The maximum Gasteiger partial charge on any atom is 0.224 e. The van der Waals surface area contributed by atoms with Gasteiger partial charge in [0.2, 0.25) is 5.91 Å². The van der Waals surface area contributed by atoms with Crippen molar-refractivity contribution in [2.75, 3.05) is 11.9 Å². The number of nitrogens with zero attached hydrogens (tertiary/aromatic N) is 4. The van der Waals surface area contributed by atoms with Crippen molar-refractivity contribution in [1.82, 2.24) is 19.2 Å². The molecule has 7 nitrogen and oxygen atoms in total. The van der Waals surface area contributed by atoms with Gasteiger partial charge in [0.15, 0.2) is 0 Å². The zero-order valence-electron chi connectivity index (χ0n) is 14.0. The zero-order chi connectivity index (χ0) is 17.1. The largest absolute Gasteiger partial charge is 0.378 e. The van der Waals surface area contributed by atoms with Crippen LogP contribution < -0.4 is 5.32 Å². The standard InChI is InChI=1S/C18H21N5O2/c24-18(7-6-16-4-3-9-25-16)21-14-10-19-23(12-14)13-15-11-22-8-2-1-5-17(22)20-15/h1-2,5,8,10-12,16H,3-4,6-7,9,13H2,(H,21,24)/t16-/m0/s1. The molecular formula is C18H21N5O2. The Bertz CT molecular complexity index is 830. The summed E-state index contributed by atoms with van der Waals surface area (Å²) in [7, 11) is 0. The summed E-state index contributed by atoms with van der Waals surface area (Å²) in [5.74, 6) is 0.00257. The molecule has 0 aromatic carbocycles. The number of amides is 1. The van der Waals surface area contributed by atoms with Gasteiger partial charge in [-0.1, -0.05) is 6.07 Å². The number of rotatable bonds is 6. The van der Waals surface area contributed by atoms with Gasteiger partial charge in [0, 0.05) is 31.6 Å². The lowest BCUT2D eigenvalue weighted by atomic mass is 10.1.